The number of likely N-dealkylation sites (tertiary alicyclic amines) is 1. The highest BCUT2D eigenvalue weighted by Crippen LogP contribution is 2.20. The van der Waals surface area contributed by atoms with Crippen molar-refractivity contribution in [3.05, 3.63) is 12.7 Å². The van der Waals surface area contributed by atoms with Crippen LogP contribution in [0.2, 0.25) is 0 Å². The van der Waals surface area contributed by atoms with E-state index in [4.69, 9.17) is 5.73 Å². The molecule has 15 heavy (non-hydrogen) atoms. The Labute approximate surface area is 90.3 Å². The Hall–Kier alpha value is -0.940. The van der Waals surface area contributed by atoms with Gasteiger partial charge in [-0.1, -0.05) is 0 Å². The minimum Gasteiger partial charge on any atom is -0.327 e. The van der Waals surface area contributed by atoms with E-state index in [0.717, 1.165) is 32.5 Å². The second-order valence-electron chi connectivity index (χ2n) is 4.38. The Bertz CT molecular complexity index is 274. The first-order valence-electron chi connectivity index (χ1n) is 5.58. The SMILES string of the molecule is CC(N)CN1CCC(n2cncn2)CC1. The average Bonchev–Trinajstić information content (AvgIpc) is 2.71. The van der Waals surface area contributed by atoms with E-state index in [1.54, 1.807) is 6.33 Å². The Morgan fingerprint density at radius 2 is 2.20 bits per heavy atom. The van der Waals surface area contributed by atoms with Gasteiger partial charge in [0.2, 0.25) is 0 Å². The van der Waals surface area contributed by atoms with Crippen molar-refractivity contribution in [3.63, 3.8) is 0 Å². The van der Waals surface area contributed by atoms with E-state index in [-0.39, 0.29) is 6.04 Å². The van der Waals surface area contributed by atoms with Crippen LogP contribution in [0.25, 0.3) is 0 Å². The van der Waals surface area contributed by atoms with Crippen LogP contribution in [-0.4, -0.2) is 45.3 Å². The molecule has 0 aromatic carbocycles. The molecule has 1 fully saturated rings. The van der Waals surface area contributed by atoms with E-state index in [9.17, 15) is 0 Å². The summed E-state index contributed by atoms with van der Waals surface area (Å²) in [6, 6.07) is 0.796. The van der Waals surface area contributed by atoms with Crippen molar-refractivity contribution in [3.8, 4) is 0 Å². The fourth-order valence-corrected chi connectivity index (χ4v) is 2.18. The first-order chi connectivity index (χ1) is 7.25. The Kier molecular flexibility index (Phi) is 3.33. The summed E-state index contributed by atoms with van der Waals surface area (Å²) in [6.07, 6.45) is 5.71. The van der Waals surface area contributed by atoms with Crippen molar-refractivity contribution in [1.82, 2.24) is 19.7 Å². The highest BCUT2D eigenvalue weighted by atomic mass is 15.3. The van der Waals surface area contributed by atoms with E-state index < -0.39 is 0 Å². The fraction of sp³-hybridized carbons (Fsp3) is 0.800. The summed E-state index contributed by atoms with van der Waals surface area (Å²) < 4.78 is 1.98. The molecule has 5 heteroatoms. The molecular weight excluding hydrogens is 190 g/mol. The van der Waals surface area contributed by atoms with Gasteiger partial charge in [0.15, 0.2) is 0 Å². The predicted octanol–water partition coefficient (Wildman–Crippen LogP) is 0.262. The highest BCUT2D eigenvalue weighted by molar-refractivity contribution is 4.78. The smallest absolute Gasteiger partial charge is 0.137 e. The van der Waals surface area contributed by atoms with E-state index in [0.29, 0.717) is 6.04 Å². The van der Waals surface area contributed by atoms with Crippen LogP contribution in [-0.2, 0) is 0 Å². The molecule has 84 valence electrons. The molecule has 0 spiro atoms. The lowest BCUT2D eigenvalue weighted by Crippen LogP contribution is -2.41. The molecule has 0 saturated carbocycles. The first-order valence-corrected chi connectivity index (χ1v) is 5.58. The summed E-state index contributed by atoms with van der Waals surface area (Å²) in [6.45, 7) is 5.30. The standard InChI is InChI=1S/C10H19N5/c1-9(11)6-14-4-2-10(3-5-14)15-8-12-7-13-15/h7-10H,2-6,11H2,1H3. The number of rotatable bonds is 3. The number of nitrogens with two attached hydrogens (primary N) is 1. The van der Waals surface area contributed by atoms with Crippen molar-refractivity contribution in [2.45, 2.75) is 31.8 Å². The molecule has 1 atom stereocenters. The van der Waals surface area contributed by atoms with Gasteiger partial charge in [0.1, 0.15) is 12.7 Å². The second kappa shape index (κ2) is 4.72. The van der Waals surface area contributed by atoms with Crippen LogP contribution in [0.4, 0.5) is 0 Å². The molecule has 1 aliphatic heterocycles. The lowest BCUT2D eigenvalue weighted by molar-refractivity contribution is 0.173. The van der Waals surface area contributed by atoms with Crippen molar-refractivity contribution < 1.29 is 0 Å². The van der Waals surface area contributed by atoms with E-state index in [2.05, 4.69) is 21.9 Å². The zero-order valence-electron chi connectivity index (χ0n) is 9.21. The van der Waals surface area contributed by atoms with Gasteiger partial charge >= 0.3 is 0 Å². The third-order valence-corrected chi connectivity index (χ3v) is 2.91. The van der Waals surface area contributed by atoms with Crippen LogP contribution in [0, 0.1) is 0 Å². The van der Waals surface area contributed by atoms with Crippen LogP contribution < -0.4 is 5.73 Å². The van der Waals surface area contributed by atoms with Gasteiger partial charge in [-0.05, 0) is 19.8 Å². The molecule has 2 rings (SSSR count). The summed E-state index contributed by atoms with van der Waals surface area (Å²) in [7, 11) is 0. The van der Waals surface area contributed by atoms with E-state index >= 15 is 0 Å². The maximum absolute atomic E-state index is 5.78. The monoisotopic (exact) mass is 209 g/mol. The fourth-order valence-electron chi connectivity index (χ4n) is 2.18. The zero-order valence-corrected chi connectivity index (χ0v) is 9.21. The maximum atomic E-state index is 5.78. The first kappa shape index (κ1) is 10.6. The van der Waals surface area contributed by atoms with E-state index in [1.807, 2.05) is 11.0 Å². The third-order valence-electron chi connectivity index (χ3n) is 2.91. The molecule has 5 nitrogen and oxygen atoms in total. The molecule has 2 heterocycles. The number of piperidine rings is 1. The minimum atomic E-state index is 0.271. The Morgan fingerprint density at radius 3 is 2.73 bits per heavy atom. The van der Waals surface area contributed by atoms with Crippen molar-refractivity contribution in [2.75, 3.05) is 19.6 Å². The Balaban J connectivity index is 1.82. The normalized spacial score (nSPS) is 21.7. The molecular formula is C10H19N5. The van der Waals surface area contributed by atoms with Crippen LogP contribution in [0.15, 0.2) is 12.7 Å². The summed E-state index contributed by atoms with van der Waals surface area (Å²) in [5.74, 6) is 0. The average molecular weight is 209 g/mol. The molecule has 1 saturated heterocycles. The van der Waals surface area contributed by atoms with Crippen molar-refractivity contribution in [1.29, 1.82) is 0 Å². The number of aromatic nitrogens is 3. The molecule has 0 radical (unpaired) electrons. The number of nitrogens with zero attached hydrogens (tertiary/aromatic N) is 4. The summed E-state index contributed by atoms with van der Waals surface area (Å²) in [5.41, 5.74) is 5.78. The largest absolute Gasteiger partial charge is 0.327 e. The molecule has 1 unspecified atom stereocenters. The topological polar surface area (TPSA) is 60.0 Å². The van der Waals surface area contributed by atoms with Crippen molar-refractivity contribution in [2.24, 2.45) is 5.73 Å². The maximum Gasteiger partial charge on any atom is 0.137 e. The van der Waals surface area contributed by atoms with Gasteiger partial charge in [-0.2, -0.15) is 5.10 Å². The summed E-state index contributed by atoms with van der Waals surface area (Å²) >= 11 is 0. The molecule has 0 bridgehead atoms. The summed E-state index contributed by atoms with van der Waals surface area (Å²) in [5, 5.41) is 4.19. The minimum absolute atomic E-state index is 0.271. The van der Waals surface area contributed by atoms with Gasteiger partial charge in [0, 0.05) is 25.7 Å². The lowest BCUT2D eigenvalue weighted by Gasteiger charge is -2.32. The van der Waals surface area contributed by atoms with Gasteiger partial charge < -0.3 is 10.6 Å². The van der Waals surface area contributed by atoms with Gasteiger partial charge in [-0.25, -0.2) is 9.67 Å². The highest BCUT2D eigenvalue weighted by Gasteiger charge is 2.20. The lowest BCUT2D eigenvalue weighted by atomic mass is 10.1. The van der Waals surface area contributed by atoms with E-state index in [1.165, 1.54) is 0 Å². The molecule has 1 aromatic rings. The van der Waals surface area contributed by atoms with Gasteiger partial charge in [-0.3, -0.25) is 0 Å². The molecule has 2 N–H and O–H groups in total. The third kappa shape index (κ3) is 2.76. The summed E-state index contributed by atoms with van der Waals surface area (Å²) in [4.78, 5) is 6.41. The van der Waals surface area contributed by atoms with Crippen LogP contribution >= 0.6 is 0 Å². The van der Waals surface area contributed by atoms with Gasteiger partial charge in [-0.15, -0.1) is 0 Å². The van der Waals surface area contributed by atoms with Crippen LogP contribution in [0.1, 0.15) is 25.8 Å². The zero-order chi connectivity index (χ0) is 10.7. The molecule has 0 aliphatic carbocycles. The van der Waals surface area contributed by atoms with Crippen LogP contribution in [0.5, 0.6) is 0 Å². The Morgan fingerprint density at radius 1 is 1.47 bits per heavy atom. The van der Waals surface area contributed by atoms with Crippen molar-refractivity contribution >= 4 is 0 Å². The number of hydrogen-bond donors (Lipinski definition) is 1. The predicted molar refractivity (Wildman–Crippen MR) is 58.4 cm³/mol. The van der Waals surface area contributed by atoms with Gasteiger partial charge in [0.05, 0.1) is 6.04 Å². The molecule has 0 amide bonds. The number of hydrogen-bond acceptors (Lipinski definition) is 4. The van der Waals surface area contributed by atoms with Crippen LogP contribution in [0.3, 0.4) is 0 Å². The molecule has 1 aliphatic rings. The second-order valence-corrected chi connectivity index (χ2v) is 4.38. The molecule has 1 aromatic heterocycles. The quantitative estimate of drug-likeness (QED) is 0.776. The van der Waals surface area contributed by atoms with Gasteiger partial charge in [0.25, 0.3) is 0 Å².